The molecule has 3 amide bonds. The molecular weight excluding hydrogens is 532 g/mol. The molecule has 42 heavy (non-hydrogen) atoms. The normalized spacial score (nSPS) is 13.5. The van der Waals surface area contributed by atoms with Crippen molar-refractivity contribution in [3.05, 3.63) is 60.2 Å². The molecule has 226 valence electrons. The molecule has 0 spiro atoms. The number of unbranched alkanes of at least 4 members (excludes halogenated alkanes) is 9. The van der Waals surface area contributed by atoms with E-state index in [0.29, 0.717) is 11.4 Å². The summed E-state index contributed by atoms with van der Waals surface area (Å²) in [5.41, 5.74) is 2.10. The zero-order chi connectivity index (χ0) is 30.3. The minimum Gasteiger partial charge on any atom is -0.480 e. The first-order chi connectivity index (χ1) is 20.3. The second-order valence-corrected chi connectivity index (χ2v) is 10.9. The Morgan fingerprint density at radius 2 is 1.50 bits per heavy atom. The molecule has 0 radical (unpaired) electrons. The van der Waals surface area contributed by atoms with E-state index < -0.39 is 30.2 Å². The molecule has 0 aliphatic carbocycles. The number of nitrogens with zero attached hydrogens (tertiary/aromatic N) is 3. The highest BCUT2D eigenvalue weighted by Gasteiger charge is 2.33. The quantitative estimate of drug-likeness (QED) is 0.217. The second kappa shape index (κ2) is 17.1. The molecule has 3 rings (SSSR count). The van der Waals surface area contributed by atoms with E-state index in [0.717, 1.165) is 23.3 Å². The minimum atomic E-state index is -1.42. The molecule has 0 aromatic heterocycles. The lowest BCUT2D eigenvalue weighted by Gasteiger charge is -2.28. The number of hydrogen-bond acceptors (Lipinski definition) is 5. The van der Waals surface area contributed by atoms with Crippen LogP contribution in [0.15, 0.2) is 59.7 Å². The van der Waals surface area contributed by atoms with E-state index in [1.165, 1.54) is 69.7 Å². The summed E-state index contributed by atoms with van der Waals surface area (Å²) in [4.78, 5) is 51.1. The number of aliphatic carboxylic acids is 1. The molecule has 0 saturated carbocycles. The third-order valence-electron chi connectivity index (χ3n) is 7.41. The van der Waals surface area contributed by atoms with Crippen LogP contribution in [0.3, 0.4) is 0 Å². The third-order valence-corrected chi connectivity index (χ3v) is 7.41. The van der Waals surface area contributed by atoms with E-state index in [9.17, 15) is 24.3 Å². The summed E-state index contributed by atoms with van der Waals surface area (Å²) in [5.74, 6) is -2.61. The number of carboxylic acid groups (broad SMARTS) is 1. The average molecular weight is 577 g/mol. The highest BCUT2D eigenvalue weighted by Crippen LogP contribution is 2.23. The number of aryl methyl sites for hydroxylation is 1. The van der Waals surface area contributed by atoms with E-state index in [1.807, 2.05) is 18.2 Å². The standard InChI is InChI=1S/C33H44N4O5/c1-3-4-5-6-7-8-9-10-11-13-16-26-19-21-27(22-20-26)36(25(2)38)29(33(41)42)23-31(39)34-30-24-32(40)37(35-30)28-17-14-12-15-18-28/h12,14-15,17-22,29H,3-11,13,16,23-24H2,1-2H3,(H,41,42)(H,34,35,39)/t29-/m0/s1. The number of rotatable bonds is 17. The van der Waals surface area contributed by atoms with Crippen molar-refractivity contribution >= 4 is 40.9 Å². The van der Waals surface area contributed by atoms with Crippen molar-refractivity contribution in [1.29, 1.82) is 0 Å². The van der Waals surface area contributed by atoms with Gasteiger partial charge in [-0.05, 0) is 42.7 Å². The Balaban J connectivity index is 1.52. The zero-order valence-corrected chi connectivity index (χ0v) is 24.9. The lowest BCUT2D eigenvalue weighted by molar-refractivity contribution is -0.141. The Bertz CT molecular complexity index is 1210. The van der Waals surface area contributed by atoms with Gasteiger partial charge in [0, 0.05) is 12.6 Å². The lowest BCUT2D eigenvalue weighted by atomic mass is 10.0. The maximum absolute atomic E-state index is 12.8. The molecule has 0 saturated heterocycles. The Hall–Kier alpha value is -4.01. The fourth-order valence-corrected chi connectivity index (χ4v) is 5.17. The summed E-state index contributed by atoms with van der Waals surface area (Å²) in [6.45, 7) is 3.52. The van der Waals surface area contributed by atoms with Crippen molar-refractivity contribution < 1.29 is 24.3 Å². The van der Waals surface area contributed by atoms with Gasteiger partial charge in [0.15, 0.2) is 0 Å². The van der Waals surface area contributed by atoms with Crippen molar-refractivity contribution in [3.63, 3.8) is 0 Å². The predicted molar refractivity (Wildman–Crippen MR) is 165 cm³/mol. The fraction of sp³-hybridized carbons (Fsp3) is 0.485. The Morgan fingerprint density at radius 1 is 0.905 bits per heavy atom. The van der Waals surface area contributed by atoms with Crippen molar-refractivity contribution in [1.82, 2.24) is 5.32 Å². The van der Waals surface area contributed by atoms with Crippen molar-refractivity contribution in [3.8, 4) is 0 Å². The largest absolute Gasteiger partial charge is 0.480 e. The van der Waals surface area contributed by atoms with Crippen LogP contribution in [0.25, 0.3) is 0 Å². The van der Waals surface area contributed by atoms with Crippen LogP contribution in [0.4, 0.5) is 11.4 Å². The first-order valence-electron chi connectivity index (χ1n) is 15.2. The van der Waals surface area contributed by atoms with Crippen LogP contribution in [-0.2, 0) is 25.6 Å². The zero-order valence-electron chi connectivity index (χ0n) is 24.9. The molecule has 2 aromatic rings. The van der Waals surface area contributed by atoms with Crippen LogP contribution in [-0.4, -0.2) is 40.7 Å². The molecule has 0 bridgehead atoms. The molecule has 2 aromatic carbocycles. The predicted octanol–water partition coefficient (Wildman–Crippen LogP) is 6.21. The van der Waals surface area contributed by atoms with Crippen molar-refractivity contribution in [2.75, 3.05) is 9.91 Å². The van der Waals surface area contributed by atoms with Crippen LogP contribution >= 0.6 is 0 Å². The van der Waals surface area contributed by atoms with E-state index in [4.69, 9.17) is 0 Å². The van der Waals surface area contributed by atoms with Crippen LogP contribution in [0.5, 0.6) is 0 Å². The average Bonchev–Trinajstić information content (AvgIpc) is 3.34. The molecule has 1 heterocycles. The number of benzene rings is 2. The summed E-state index contributed by atoms with van der Waals surface area (Å²) in [6.07, 6.45) is 13.0. The smallest absolute Gasteiger partial charge is 0.327 e. The molecule has 9 heteroatoms. The number of hydrazone groups is 1. The number of amidine groups is 1. The van der Waals surface area contributed by atoms with Gasteiger partial charge in [0.05, 0.1) is 18.5 Å². The first-order valence-corrected chi connectivity index (χ1v) is 15.2. The summed E-state index contributed by atoms with van der Waals surface area (Å²) in [6, 6.07) is 14.7. The Labute approximate surface area is 249 Å². The second-order valence-electron chi connectivity index (χ2n) is 10.9. The van der Waals surface area contributed by atoms with Gasteiger partial charge in [0.25, 0.3) is 5.91 Å². The Morgan fingerprint density at radius 3 is 2.07 bits per heavy atom. The number of amides is 3. The van der Waals surface area contributed by atoms with Crippen LogP contribution in [0.2, 0.25) is 0 Å². The van der Waals surface area contributed by atoms with E-state index in [2.05, 4.69) is 17.3 Å². The SMILES string of the molecule is CCCCCCCCCCCCc1ccc(N(C(C)=O)[C@@H](CC(=O)NC2=NN(c3ccccc3)C(=O)C2)C(=O)O)cc1. The van der Waals surface area contributed by atoms with Gasteiger partial charge in [0.1, 0.15) is 11.9 Å². The van der Waals surface area contributed by atoms with Crippen LogP contribution in [0, 0.1) is 0 Å². The third kappa shape index (κ3) is 10.1. The molecule has 1 atom stereocenters. The number of carbonyl (C=O) groups excluding carboxylic acids is 3. The Kier molecular flexibility index (Phi) is 13.2. The van der Waals surface area contributed by atoms with E-state index >= 15 is 0 Å². The van der Waals surface area contributed by atoms with Crippen LogP contribution in [0.1, 0.15) is 96.5 Å². The molecule has 1 aliphatic rings. The number of anilines is 2. The van der Waals surface area contributed by atoms with Gasteiger partial charge >= 0.3 is 5.97 Å². The fourth-order valence-electron chi connectivity index (χ4n) is 5.17. The highest BCUT2D eigenvalue weighted by atomic mass is 16.4. The van der Waals surface area contributed by atoms with Gasteiger partial charge in [-0.2, -0.15) is 10.1 Å². The number of carbonyl (C=O) groups is 4. The van der Waals surface area contributed by atoms with Gasteiger partial charge < -0.3 is 10.4 Å². The van der Waals surface area contributed by atoms with Gasteiger partial charge in [-0.1, -0.05) is 95.0 Å². The number of para-hydroxylation sites is 1. The van der Waals surface area contributed by atoms with Gasteiger partial charge in [0.2, 0.25) is 11.8 Å². The lowest BCUT2D eigenvalue weighted by Crippen LogP contribution is -2.47. The minimum absolute atomic E-state index is 0.116. The number of nitrogens with one attached hydrogen (secondary N) is 1. The molecule has 1 aliphatic heterocycles. The molecule has 0 unspecified atom stereocenters. The van der Waals surface area contributed by atoms with Gasteiger partial charge in [-0.3, -0.25) is 19.3 Å². The van der Waals surface area contributed by atoms with Crippen molar-refractivity contribution in [2.45, 2.75) is 103 Å². The summed E-state index contributed by atoms with van der Waals surface area (Å²) in [7, 11) is 0. The first kappa shape index (κ1) is 32.5. The maximum atomic E-state index is 12.8. The molecule has 2 N–H and O–H groups in total. The van der Waals surface area contributed by atoms with Gasteiger partial charge in [-0.15, -0.1) is 0 Å². The van der Waals surface area contributed by atoms with Gasteiger partial charge in [-0.25, -0.2) is 4.79 Å². The summed E-state index contributed by atoms with van der Waals surface area (Å²) < 4.78 is 0. The summed E-state index contributed by atoms with van der Waals surface area (Å²) >= 11 is 0. The van der Waals surface area contributed by atoms with E-state index in [1.54, 1.807) is 36.4 Å². The molecule has 9 nitrogen and oxygen atoms in total. The number of hydrogen-bond donors (Lipinski definition) is 2. The summed E-state index contributed by atoms with van der Waals surface area (Å²) in [5, 5.41) is 17.9. The molecular formula is C33H44N4O5. The maximum Gasteiger partial charge on any atom is 0.327 e. The van der Waals surface area contributed by atoms with Crippen molar-refractivity contribution in [2.24, 2.45) is 5.10 Å². The monoisotopic (exact) mass is 576 g/mol. The number of carboxylic acids is 1. The molecule has 0 fully saturated rings. The topological polar surface area (TPSA) is 119 Å². The highest BCUT2D eigenvalue weighted by molar-refractivity contribution is 6.16. The van der Waals surface area contributed by atoms with E-state index in [-0.39, 0.29) is 18.2 Å². The van der Waals surface area contributed by atoms with Crippen LogP contribution < -0.4 is 15.2 Å².